The third-order valence-electron chi connectivity index (χ3n) is 6.20. The Morgan fingerprint density at radius 3 is 3.03 bits per heavy atom. The second-order valence-electron chi connectivity index (χ2n) is 8.89. The average molecular weight is 431 g/mol. The third kappa shape index (κ3) is 3.25. The van der Waals surface area contributed by atoms with E-state index in [0.717, 1.165) is 48.9 Å². The van der Waals surface area contributed by atoms with Gasteiger partial charge in [-0.25, -0.2) is 9.48 Å². The summed E-state index contributed by atoms with van der Waals surface area (Å²) in [5, 5.41) is 17.0. The van der Waals surface area contributed by atoms with Gasteiger partial charge in [-0.05, 0) is 68.2 Å². The van der Waals surface area contributed by atoms with Crippen LogP contribution in [0.3, 0.4) is 0 Å². The minimum Gasteiger partial charge on any atom is -0.588 e. The molecule has 0 fully saturated rings. The maximum absolute atomic E-state index is 12.8. The number of carbonyl (C=O) groups excluding carboxylic acids is 1. The van der Waals surface area contributed by atoms with Gasteiger partial charge in [0.05, 0.1) is 13.2 Å². The number of rotatable bonds is 4. The molecule has 0 unspecified atom stereocenters. The molecule has 2 amide bonds. The molecule has 0 bridgehead atoms. The number of hydrogen-bond acceptors (Lipinski definition) is 5. The first-order chi connectivity index (χ1) is 14.4. The topological polar surface area (TPSA) is 111 Å². The Labute approximate surface area is 178 Å². The monoisotopic (exact) mass is 430 g/mol. The smallest absolute Gasteiger partial charge is 0.361 e. The van der Waals surface area contributed by atoms with Crippen molar-refractivity contribution in [3.05, 3.63) is 34.5 Å². The van der Waals surface area contributed by atoms with Crippen molar-refractivity contribution in [1.29, 1.82) is 0 Å². The normalized spacial score (nSPS) is 21.5. The summed E-state index contributed by atoms with van der Waals surface area (Å²) >= 11 is -1.80. The van der Waals surface area contributed by atoms with Crippen LogP contribution in [0.15, 0.2) is 17.2 Å². The van der Waals surface area contributed by atoms with Gasteiger partial charge in [0.1, 0.15) is 23.2 Å². The molecule has 1 aromatic heterocycles. The zero-order valence-electron chi connectivity index (χ0n) is 17.2. The van der Waals surface area contributed by atoms with Crippen molar-refractivity contribution in [3.63, 3.8) is 0 Å². The Morgan fingerprint density at radius 2 is 2.23 bits per heavy atom. The number of ether oxygens (including phenoxy) is 1. The van der Waals surface area contributed by atoms with E-state index in [1.165, 1.54) is 17.3 Å². The predicted octanol–water partition coefficient (Wildman–Crippen LogP) is 2.41. The SMILES string of the molecule is CC1(C)Cn2ncc([S@+]([O-])NC(=O)Nc3c4c(cc5c3[C@H](CO)CC5)CCC4)c2O1. The maximum Gasteiger partial charge on any atom is 0.361 e. The molecule has 3 N–H and O–H groups in total. The lowest BCUT2D eigenvalue weighted by atomic mass is 9.94. The van der Waals surface area contributed by atoms with Crippen LogP contribution in [-0.2, 0) is 37.2 Å². The Balaban J connectivity index is 1.37. The number of nitrogens with zero attached hydrogens (tertiary/aromatic N) is 2. The number of amides is 2. The van der Waals surface area contributed by atoms with E-state index in [4.69, 9.17) is 4.74 Å². The van der Waals surface area contributed by atoms with Gasteiger partial charge in [-0.1, -0.05) is 6.07 Å². The van der Waals surface area contributed by atoms with Gasteiger partial charge in [-0.3, -0.25) is 0 Å². The minimum absolute atomic E-state index is 0.0290. The molecule has 2 heterocycles. The molecule has 3 aliphatic rings. The van der Waals surface area contributed by atoms with Gasteiger partial charge in [0.25, 0.3) is 10.8 Å². The van der Waals surface area contributed by atoms with Crippen molar-refractivity contribution in [2.75, 3.05) is 11.9 Å². The van der Waals surface area contributed by atoms with E-state index in [1.807, 2.05) is 13.8 Å². The van der Waals surface area contributed by atoms with Crippen LogP contribution in [0.1, 0.15) is 54.9 Å². The first-order valence-electron chi connectivity index (χ1n) is 10.4. The molecule has 2 aromatic rings. The van der Waals surface area contributed by atoms with Crippen molar-refractivity contribution in [3.8, 4) is 5.88 Å². The second-order valence-corrected chi connectivity index (χ2v) is 10.1. The molecule has 0 radical (unpaired) electrons. The van der Waals surface area contributed by atoms with Crippen LogP contribution >= 0.6 is 0 Å². The summed E-state index contributed by atoms with van der Waals surface area (Å²) in [6, 6.07) is 1.71. The first kappa shape index (κ1) is 19.7. The summed E-state index contributed by atoms with van der Waals surface area (Å²) in [5.41, 5.74) is 5.03. The highest BCUT2D eigenvalue weighted by molar-refractivity contribution is 7.90. The zero-order valence-corrected chi connectivity index (χ0v) is 18.0. The van der Waals surface area contributed by atoms with Gasteiger partial charge in [0.15, 0.2) is 0 Å². The van der Waals surface area contributed by atoms with E-state index < -0.39 is 23.0 Å². The number of carbonyl (C=O) groups is 1. The lowest BCUT2D eigenvalue weighted by Gasteiger charge is -2.20. The number of hydrogen-bond donors (Lipinski definition) is 3. The Hall–Kier alpha value is -2.23. The van der Waals surface area contributed by atoms with Crippen LogP contribution in [0.4, 0.5) is 10.5 Å². The maximum atomic E-state index is 12.8. The standard InChI is InChI=1S/C21H26N4O4S/c1-21(2)11-25-19(29-21)16(9-22-25)30(28)24-20(27)23-18-15-5-3-4-12(15)8-13-6-7-14(10-26)17(13)18/h8-9,14,26H,3-7,10-11H2,1-2H3,(H2,23,24,27)/t14-,30-/m0/s1. The van der Waals surface area contributed by atoms with Gasteiger partial charge in [-0.15, -0.1) is 4.72 Å². The van der Waals surface area contributed by atoms with Crippen LogP contribution in [0.2, 0.25) is 0 Å². The molecule has 9 heteroatoms. The van der Waals surface area contributed by atoms with E-state index in [9.17, 15) is 14.5 Å². The van der Waals surface area contributed by atoms with Crippen LogP contribution in [0.25, 0.3) is 0 Å². The summed E-state index contributed by atoms with van der Waals surface area (Å²) in [6.45, 7) is 4.49. The Bertz CT molecular complexity index is 1020. The molecule has 0 saturated carbocycles. The number of benzene rings is 1. The molecule has 5 rings (SSSR count). The summed E-state index contributed by atoms with van der Waals surface area (Å²) in [5.74, 6) is 0.460. The first-order valence-corrected chi connectivity index (χ1v) is 11.5. The predicted molar refractivity (Wildman–Crippen MR) is 112 cm³/mol. The molecule has 1 aliphatic heterocycles. The van der Waals surface area contributed by atoms with E-state index in [2.05, 4.69) is 21.2 Å². The van der Waals surface area contributed by atoms with E-state index in [1.54, 1.807) is 4.68 Å². The number of fused-ring (bicyclic) bond motifs is 3. The van der Waals surface area contributed by atoms with E-state index in [0.29, 0.717) is 17.3 Å². The number of aliphatic hydroxyl groups excluding tert-OH is 1. The highest BCUT2D eigenvalue weighted by Crippen LogP contribution is 2.44. The van der Waals surface area contributed by atoms with Crippen molar-refractivity contribution in [2.24, 2.45) is 0 Å². The lowest BCUT2D eigenvalue weighted by Crippen LogP contribution is -2.35. The summed E-state index contributed by atoms with van der Waals surface area (Å²) in [7, 11) is 0. The Morgan fingerprint density at radius 1 is 1.40 bits per heavy atom. The fourth-order valence-electron chi connectivity index (χ4n) is 4.93. The minimum atomic E-state index is -1.80. The van der Waals surface area contributed by atoms with Gasteiger partial charge in [0, 0.05) is 11.6 Å². The fourth-order valence-corrected chi connectivity index (χ4v) is 5.71. The third-order valence-corrected chi connectivity index (χ3v) is 7.25. The highest BCUT2D eigenvalue weighted by atomic mass is 32.2. The summed E-state index contributed by atoms with van der Waals surface area (Å²) in [4.78, 5) is 13.1. The molecule has 0 spiro atoms. The van der Waals surface area contributed by atoms with Crippen molar-refractivity contribution < 1.29 is 19.2 Å². The summed E-state index contributed by atoms with van der Waals surface area (Å²) < 4.78 is 22.9. The largest absolute Gasteiger partial charge is 0.588 e. The van der Waals surface area contributed by atoms with E-state index >= 15 is 0 Å². The van der Waals surface area contributed by atoms with Crippen LogP contribution in [0.5, 0.6) is 5.88 Å². The van der Waals surface area contributed by atoms with Crippen molar-refractivity contribution in [2.45, 2.75) is 68.9 Å². The molecule has 2 atom stereocenters. The summed E-state index contributed by atoms with van der Waals surface area (Å²) in [6.07, 6.45) is 6.22. The molecule has 8 nitrogen and oxygen atoms in total. The molecule has 30 heavy (non-hydrogen) atoms. The molecule has 1 aromatic carbocycles. The van der Waals surface area contributed by atoms with Crippen LogP contribution < -0.4 is 14.8 Å². The molecular weight excluding hydrogens is 404 g/mol. The zero-order chi connectivity index (χ0) is 21.0. The number of aryl methyl sites for hydroxylation is 2. The quantitative estimate of drug-likeness (QED) is 0.645. The number of anilines is 1. The number of nitrogens with one attached hydrogen (secondary N) is 2. The fraction of sp³-hybridized carbons (Fsp3) is 0.524. The molecule has 160 valence electrons. The van der Waals surface area contributed by atoms with Gasteiger partial charge in [0.2, 0.25) is 0 Å². The van der Waals surface area contributed by atoms with Gasteiger partial charge in [-0.2, -0.15) is 5.10 Å². The van der Waals surface area contributed by atoms with Crippen molar-refractivity contribution in [1.82, 2.24) is 14.5 Å². The molecular formula is C21H26N4O4S. The van der Waals surface area contributed by atoms with Crippen LogP contribution in [-0.4, -0.2) is 37.7 Å². The number of urea groups is 1. The number of aliphatic hydroxyl groups is 1. The van der Waals surface area contributed by atoms with Gasteiger partial charge < -0.3 is 19.7 Å². The van der Waals surface area contributed by atoms with Crippen molar-refractivity contribution >= 4 is 23.1 Å². The average Bonchev–Trinajstić information content (AvgIpc) is 3.43. The van der Waals surface area contributed by atoms with Gasteiger partial charge >= 0.3 is 6.03 Å². The van der Waals surface area contributed by atoms with E-state index in [-0.39, 0.29) is 12.5 Å². The highest BCUT2D eigenvalue weighted by Gasteiger charge is 2.38. The number of aromatic nitrogens is 2. The molecule has 2 aliphatic carbocycles. The lowest BCUT2D eigenvalue weighted by molar-refractivity contribution is 0.132. The second kappa shape index (κ2) is 7.18. The Kier molecular flexibility index (Phi) is 4.72. The molecule has 0 saturated heterocycles. The van der Waals surface area contributed by atoms with Crippen LogP contribution in [0, 0.1) is 0 Å².